The molecule has 0 aliphatic heterocycles. The monoisotopic (exact) mass is 341 g/mol. The van der Waals surface area contributed by atoms with Crippen LogP contribution in [-0.2, 0) is 6.54 Å². The Morgan fingerprint density at radius 2 is 2.05 bits per heavy atom. The van der Waals surface area contributed by atoms with E-state index in [9.17, 15) is 4.39 Å². The van der Waals surface area contributed by atoms with Crippen molar-refractivity contribution in [1.82, 2.24) is 5.32 Å². The predicted molar refractivity (Wildman–Crippen MR) is 83.1 cm³/mol. The Morgan fingerprint density at radius 1 is 1.32 bits per heavy atom. The minimum absolute atomic E-state index is 0.135. The van der Waals surface area contributed by atoms with E-state index in [4.69, 9.17) is 0 Å². The Morgan fingerprint density at radius 3 is 2.63 bits per heavy atom. The molecule has 1 nitrogen and oxygen atoms in total. The van der Waals surface area contributed by atoms with Crippen LogP contribution < -0.4 is 5.32 Å². The molecular formula is C15H17BrFNS. The second-order valence-corrected chi connectivity index (χ2v) is 6.92. The number of hydrogen-bond donors (Lipinski definition) is 1. The summed E-state index contributed by atoms with van der Waals surface area (Å²) < 4.78 is 14.7. The molecule has 1 aromatic carbocycles. The van der Waals surface area contributed by atoms with Gasteiger partial charge >= 0.3 is 0 Å². The van der Waals surface area contributed by atoms with E-state index in [0.29, 0.717) is 5.56 Å². The normalized spacial score (nSPS) is 12.7. The summed E-state index contributed by atoms with van der Waals surface area (Å²) >= 11 is 5.29. The van der Waals surface area contributed by atoms with Crippen LogP contribution in [0.25, 0.3) is 0 Å². The van der Waals surface area contributed by atoms with Crippen LogP contribution in [0, 0.1) is 19.7 Å². The highest BCUT2D eigenvalue weighted by Crippen LogP contribution is 2.26. The van der Waals surface area contributed by atoms with E-state index >= 15 is 0 Å². The van der Waals surface area contributed by atoms with Crippen LogP contribution in [0.4, 0.5) is 4.39 Å². The maximum atomic E-state index is 13.5. The van der Waals surface area contributed by atoms with Crippen LogP contribution in [0.5, 0.6) is 0 Å². The van der Waals surface area contributed by atoms with Crippen molar-refractivity contribution >= 4 is 27.3 Å². The Hall–Kier alpha value is -0.710. The zero-order valence-electron chi connectivity index (χ0n) is 11.3. The maximum Gasteiger partial charge on any atom is 0.126 e. The van der Waals surface area contributed by atoms with Crippen LogP contribution in [-0.4, -0.2) is 0 Å². The molecule has 102 valence electrons. The number of rotatable bonds is 4. The summed E-state index contributed by atoms with van der Waals surface area (Å²) in [5, 5.41) is 3.43. The lowest BCUT2D eigenvalue weighted by Crippen LogP contribution is -2.17. The van der Waals surface area contributed by atoms with Crippen LogP contribution in [0.2, 0.25) is 0 Å². The number of nitrogens with one attached hydrogen (secondary N) is 1. The molecular weight excluding hydrogens is 325 g/mol. The topological polar surface area (TPSA) is 12.0 Å². The van der Waals surface area contributed by atoms with Crippen molar-refractivity contribution < 1.29 is 4.39 Å². The van der Waals surface area contributed by atoms with Gasteiger partial charge < -0.3 is 5.32 Å². The Labute approximate surface area is 126 Å². The van der Waals surface area contributed by atoms with Gasteiger partial charge in [-0.15, -0.1) is 11.3 Å². The standard InChI is InChI=1S/C15H17BrFNS/c1-9-4-5-12(6-15(9)17)10(2)18-8-13-7-14(16)11(3)19-13/h4-7,10,18H,8H2,1-3H3. The summed E-state index contributed by atoms with van der Waals surface area (Å²) in [6, 6.07) is 7.69. The van der Waals surface area contributed by atoms with Crippen molar-refractivity contribution in [3.05, 3.63) is 55.4 Å². The van der Waals surface area contributed by atoms with Crippen molar-refractivity contribution in [2.45, 2.75) is 33.4 Å². The molecule has 1 atom stereocenters. The highest BCUT2D eigenvalue weighted by atomic mass is 79.9. The molecule has 0 aliphatic rings. The number of hydrogen-bond acceptors (Lipinski definition) is 2. The highest BCUT2D eigenvalue weighted by molar-refractivity contribution is 9.10. The molecule has 1 N–H and O–H groups in total. The predicted octanol–water partition coefficient (Wildman–Crippen LogP) is 5.12. The summed E-state index contributed by atoms with van der Waals surface area (Å²) in [5.41, 5.74) is 1.67. The Bertz CT molecular complexity index is 560. The lowest BCUT2D eigenvalue weighted by molar-refractivity contribution is 0.566. The molecule has 0 bridgehead atoms. The molecule has 19 heavy (non-hydrogen) atoms. The molecule has 1 aromatic heterocycles. The minimum atomic E-state index is -0.138. The lowest BCUT2D eigenvalue weighted by atomic mass is 10.1. The van der Waals surface area contributed by atoms with Crippen molar-refractivity contribution in [1.29, 1.82) is 0 Å². The van der Waals surface area contributed by atoms with Gasteiger partial charge in [-0.1, -0.05) is 12.1 Å². The highest BCUT2D eigenvalue weighted by Gasteiger charge is 2.09. The van der Waals surface area contributed by atoms with Crippen LogP contribution in [0.15, 0.2) is 28.7 Å². The molecule has 0 radical (unpaired) electrons. The van der Waals surface area contributed by atoms with Gasteiger partial charge in [0.2, 0.25) is 0 Å². The Balaban J connectivity index is 2.00. The molecule has 0 aliphatic carbocycles. The van der Waals surface area contributed by atoms with Gasteiger partial charge in [-0.05, 0) is 60.0 Å². The van der Waals surface area contributed by atoms with E-state index in [-0.39, 0.29) is 11.9 Å². The van der Waals surface area contributed by atoms with Crippen molar-refractivity contribution in [2.75, 3.05) is 0 Å². The second kappa shape index (κ2) is 6.16. The van der Waals surface area contributed by atoms with Gasteiger partial charge in [-0.2, -0.15) is 0 Å². The molecule has 2 aromatic rings. The second-order valence-electron chi connectivity index (χ2n) is 4.73. The molecule has 1 unspecified atom stereocenters. The third-order valence-electron chi connectivity index (χ3n) is 3.19. The molecule has 2 rings (SSSR count). The minimum Gasteiger partial charge on any atom is -0.305 e. The van der Waals surface area contributed by atoms with Gasteiger partial charge in [0, 0.05) is 26.8 Å². The largest absolute Gasteiger partial charge is 0.305 e. The van der Waals surface area contributed by atoms with E-state index in [1.54, 1.807) is 24.3 Å². The molecule has 4 heteroatoms. The van der Waals surface area contributed by atoms with Gasteiger partial charge in [0.15, 0.2) is 0 Å². The van der Waals surface area contributed by atoms with E-state index in [1.807, 2.05) is 12.1 Å². The SMILES string of the molecule is Cc1ccc(C(C)NCc2cc(Br)c(C)s2)cc1F. The first-order chi connectivity index (χ1) is 8.97. The fourth-order valence-corrected chi connectivity index (χ4v) is 3.41. The summed E-state index contributed by atoms with van der Waals surface area (Å²) in [4.78, 5) is 2.56. The van der Waals surface area contributed by atoms with Gasteiger partial charge in [0.1, 0.15) is 5.82 Å². The first-order valence-electron chi connectivity index (χ1n) is 6.21. The van der Waals surface area contributed by atoms with E-state index < -0.39 is 0 Å². The van der Waals surface area contributed by atoms with Crippen molar-refractivity contribution in [3.8, 4) is 0 Å². The van der Waals surface area contributed by atoms with Gasteiger partial charge in [0.05, 0.1) is 0 Å². The summed E-state index contributed by atoms with van der Waals surface area (Å²) in [5.74, 6) is -0.138. The zero-order valence-corrected chi connectivity index (χ0v) is 13.7. The van der Waals surface area contributed by atoms with Gasteiger partial charge in [-0.3, -0.25) is 0 Å². The summed E-state index contributed by atoms with van der Waals surface area (Å²) in [7, 11) is 0. The number of aryl methyl sites for hydroxylation is 2. The lowest BCUT2D eigenvalue weighted by Gasteiger charge is -2.14. The molecule has 0 saturated carbocycles. The van der Waals surface area contributed by atoms with E-state index in [0.717, 1.165) is 16.6 Å². The zero-order chi connectivity index (χ0) is 14.0. The maximum absolute atomic E-state index is 13.5. The number of halogens is 2. The van der Waals surface area contributed by atoms with Crippen LogP contribution in [0.1, 0.15) is 33.8 Å². The van der Waals surface area contributed by atoms with Gasteiger partial charge in [-0.25, -0.2) is 4.39 Å². The molecule has 1 heterocycles. The van der Waals surface area contributed by atoms with E-state index in [1.165, 1.54) is 9.75 Å². The van der Waals surface area contributed by atoms with Crippen LogP contribution >= 0.6 is 27.3 Å². The van der Waals surface area contributed by atoms with Crippen molar-refractivity contribution in [2.24, 2.45) is 0 Å². The number of thiophene rings is 1. The third-order valence-corrected chi connectivity index (χ3v) is 5.32. The molecule has 0 saturated heterocycles. The summed E-state index contributed by atoms with van der Waals surface area (Å²) in [6.07, 6.45) is 0. The number of benzene rings is 1. The quantitative estimate of drug-likeness (QED) is 0.813. The fourth-order valence-electron chi connectivity index (χ4n) is 1.85. The summed E-state index contributed by atoms with van der Waals surface area (Å²) in [6.45, 7) is 6.73. The van der Waals surface area contributed by atoms with Crippen molar-refractivity contribution in [3.63, 3.8) is 0 Å². The van der Waals surface area contributed by atoms with Crippen LogP contribution in [0.3, 0.4) is 0 Å². The smallest absolute Gasteiger partial charge is 0.126 e. The molecule has 0 amide bonds. The first kappa shape index (κ1) is 14.7. The molecule has 0 fully saturated rings. The third kappa shape index (κ3) is 3.65. The average Bonchev–Trinajstić information content (AvgIpc) is 2.69. The first-order valence-corrected chi connectivity index (χ1v) is 7.82. The molecule has 0 spiro atoms. The van der Waals surface area contributed by atoms with Gasteiger partial charge in [0.25, 0.3) is 0 Å². The average molecular weight is 342 g/mol. The fraction of sp³-hybridized carbons (Fsp3) is 0.333. The Kier molecular flexibility index (Phi) is 4.76. The van der Waals surface area contributed by atoms with E-state index in [2.05, 4.69) is 41.2 Å².